The van der Waals surface area contributed by atoms with Crippen molar-refractivity contribution in [2.24, 2.45) is 5.73 Å². The van der Waals surface area contributed by atoms with E-state index in [0.717, 1.165) is 15.6 Å². The molecule has 0 saturated carbocycles. The molecule has 0 aliphatic heterocycles. The number of nitrogens with zero attached hydrogens (tertiary/aromatic N) is 1. The van der Waals surface area contributed by atoms with Gasteiger partial charge >= 0.3 is 0 Å². The standard InChI is InChI=1S/C12H11FN2OS2/c1-7-11(12(14)17)18-10(15-7)6-16-9-5-3-2-4-8(9)13/h2-5H,6H2,1H3,(H2,14,17). The summed E-state index contributed by atoms with van der Waals surface area (Å²) in [5.74, 6) is -0.178. The highest BCUT2D eigenvalue weighted by Gasteiger charge is 2.11. The number of thiazole rings is 1. The Bertz CT molecular complexity index is 583. The summed E-state index contributed by atoms with van der Waals surface area (Å²) in [5, 5.41) is 0.721. The van der Waals surface area contributed by atoms with Crippen LogP contribution in [0.15, 0.2) is 24.3 Å². The predicted octanol–water partition coefficient (Wildman–Crippen LogP) is 2.80. The number of thiocarbonyl (C=S) groups is 1. The first kappa shape index (κ1) is 12.9. The Labute approximate surface area is 113 Å². The Balaban J connectivity index is 2.09. The third kappa shape index (κ3) is 2.83. The number of aryl methyl sites for hydroxylation is 1. The molecule has 0 spiro atoms. The quantitative estimate of drug-likeness (QED) is 0.876. The second-order valence-corrected chi connectivity index (χ2v) is 5.13. The second-order valence-electron chi connectivity index (χ2n) is 3.61. The molecule has 0 fully saturated rings. The van der Waals surface area contributed by atoms with Crippen molar-refractivity contribution in [3.05, 3.63) is 45.7 Å². The lowest BCUT2D eigenvalue weighted by atomic mass is 10.3. The molecule has 3 nitrogen and oxygen atoms in total. The molecule has 2 rings (SSSR count). The third-order valence-corrected chi connectivity index (χ3v) is 3.75. The molecule has 2 aromatic rings. The summed E-state index contributed by atoms with van der Waals surface area (Å²) in [7, 11) is 0. The van der Waals surface area contributed by atoms with Gasteiger partial charge in [-0.3, -0.25) is 0 Å². The minimum Gasteiger partial charge on any atom is -0.483 e. The van der Waals surface area contributed by atoms with Crippen LogP contribution in [0.3, 0.4) is 0 Å². The number of para-hydroxylation sites is 1. The number of halogens is 1. The monoisotopic (exact) mass is 282 g/mol. The summed E-state index contributed by atoms with van der Waals surface area (Å²) in [6, 6.07) is 6.25. The lowest BCUT2D eigenvalue weighted by molar-refractivity contribution is 0.289. The van der Waals surface area contributed by atoms with Crippen LogP contribution >= 0.6 is 23.6 Å². The van der Waals surface area contributed by atoms with Crippen molar-refractivity contribution in [3.8, 4) is 5.75 Å². The molecule has 0 amide bonds. The Morgan fingerprint density at radius 1 is 1.50 bits per heavy atom. The van der Waals surface area contributed by atoms with Crippen LogP contribution in [0.1, 0.15) is 15.6 Å². The van der Waals surface area contributed by atoms with E-state index in [-0.39, 0.29) is 18.2 Å². The molecule has 94 valence electrons. The molecule has 2 N–H and O–H groups in total. The lowest BCUT2D eigenvalue weighted by Gasteiger charge is -2.04. The molecule has 0 unspecified atom stereocenters. The SMILES string of the molecule is Cc1nc(COc2ccccc2F)sc1C(N)=S. The Morgan fingerprint density at radius 2 is 2.22 bits per heavy atom. The molecule has 0 radical (unpaired) electrons. The zero-order chi connectivity index (χ0) is 13.1. The summed E-state index contributed by atoms with van der Waals surface area (Å²) in [5.41, 5.74) is 6.34. The largest absolute Gasteiger partial charge is 0.483 e. The fourth-order valence-corrected chi connectivity index (χ4v) is 2.55. The maximum absolute atomic E-state index is 13.3. The molecule has 0 bridgehead atoms. The van der Waals surface area contributed by atoms with Crippen LogP contribution in [0.25, 0.3) is 0 Å². The van der Waals surface area contributed by atoms with Gasteiger partial charge in [-0.15, -0.1) is 11.3 Å². The van der Waals surface area contributed by atoms with Crippen molar-refractivity contribution in [3.63, 3.8) is 0 Å². The van der Waals surface area contributed by atoms with Gasteiger partial charge in [-0.05, 0) is 19.1 Å². The molecule has 0 atom stereocenters. The minimum atomic E-state index is -0.389. The first-order valence-corrected chi connectivity index (χ1v) is 6.44. The number of hydrogen-bond donors (Lipinski definition) is 1. The van der Waals surface area contributed by atoms with E-state index in [1.165, 1.54) is 17.4 Å². The maximum atomic E-state index is 13.3. The normalized spacial score (nSPS) is 10.3. The van der Waals surface area contributed by atoms with Gasteiger partial charge in [-0.2, -0.15) is 0 Å². The van der Waals surface area contributed by atoms with E-state index in [4.69, 9.17) is 22.7 Å². The lowest BCUT2D eigenvalue weighted by Crippen LogP contribution is -2.08. The molecule has 1 aromatic carbocycles. The number of aromatic nitrogens is 1. The average molecular weight is 282 g/mol. The Kier molecular flexibility index (Phi) is 3.88. The van der Waals surface area contributed by atoms with Crippen LogP contribution in [0.4, 0.5) is 4.39 Å². The smallest absolute Gasteiger partial charge is 0.165 e. The van der Waals surface area contributed by atoms with Gasteiger partial charge in [0.1, 0.15) is 16.6 Å². The van der Waals surface area contributed by atoms with Crippen LogP contribution in [0, 0.1) is 12.7 Å². The number of ether oxygens (including phenoxy) is 1. The first-order valence-electron chi connectivity index (χ1n) is 5.21. The van der Waals surface area contributed by atoms with E-state index in [2.05, 4.69) is 4.98 Å². The van der Waals surface area contributed by atoms with Crippen molar-refractivity contribution < 1.29 is 9.13 Å². The molecule has 0 aliphatic carbocycles. The molecule has 0 aliphatic rings. The van der Waals surface area contributed by atoms with E-state index < -0.39 is 0 Å². The highest BCUT2D eigenvalue weighted by molar-refractivity contribution is 7.81. The van der Waals surface area contributed by atoms with Crippen molar-refractivity contribution >= 4 is 28.5 Å². The van der Waals surface area contributed by atoms with Gasteiger partial charge in [0.2, 0.25) is 0 Å². The van der Waals surface area contributed by atoms with E-state index in [1.807, 2.05) is 6.92 Å². The Hall–Kier alpha value is -1.53. The summed E-state index contributed by atoms with van der Waals surface area (Å²) in [6.45, 7) is 2.03. The minimum absolute atomic E-state index is 0.203. The summed E-state index contributed by atoms with van der Waals surface area (Å²) < 4.78 is 18.7. The topological polar surface area (TPSA) is 48.1 Å². The van der Waals surface area contributed by atoms with Crippen molar-refractivity contribution in [2.45, 2.75) is 13.5 Å². The summed E-state index contributed by atoms with van der Waals surface area (Å²) in [4.78, 5) is 5.38. The molecule has 1 aromatic heterocycles. The van der Waals surface area contributed by atoms with Crippen molar-refractivity contribution in [1.29, 1.82) is 0 Å². The van der Waals surface area contributed by atoms with E-state index in [0.29, 0.717) is 4.99 Å². The molecular formula is C12H11FN2OS2. The van der Waals surface area contributed by atoms with Gasteiger partial charge in [-0.25, -0.2) is 9.37 Å². The summed E-state index contributed by atoms with van der Waals surface area (Å²) in [6.07, 6.45) is 0. The molecule has 1 heterocycles. The highest BCUT2D eigenvalue weighted by Crippen LogP contribution is 2.21. The number of benzene rings is 1. The van der Waals surface area contributed by atoms with Crippen LogP contribution < -0.4 is 10.5 Å². The van der Waals surface area contributed by atoms with Crippen LogP contribution in [0.2, 0.25) is 0 Å². The van der Waals surface area contributed by atoms with Crippen LogP contribution in [-0.4, -0.2) is 9.97 Å². The van der Waals surface area contributed by atoms with Gasteiger partial charge < -0.3 is 10.5 Å². The third-order valence-electron chi connectivity index (χ3n) is 2.25. The molecular weight excluding hydrogens is 271 g/mol. The van der Waals surface area contributed by atoms with Crippen molar-refractivity contribution in [1.82, 2.24) is 4.98 Å². The van der Waals surface area contributed by atoms with E-state index in [1.54, 1.807) is 18.2 Å². The number of rotatable bonds is 4. The predicted molar refractivity (Wildman–Crippen MR) is 73.5 cm³/mol. The van der Waals surface area contributed by atoms with Gasteiger partial charge in [0.05, 0.1) is 10.6 Å². The highest BCUT2D eigenvalue weighted by atomic mass is 32.1. The zero-order valence-electron chi connectivity index (χ0n) is 9.64. The molecule has 6 heteroatoms. The van der Waals surface area contributed by atoms with Crippen LogP contribution in [0.5, 0.6) is 5.75 Å². The number of nitrogens with two attached hydrogens (primary N) is 1. The van der Waals surface area contributed by atoms with Crippen LogP contribution in [-0.2, 0) is 6.61 Å². The maximum Gasteiger partial charge on any atom is 0.165 e. The van der Waals surface area contributed by atoms with Gasteiger partial charge in [-0.1, -0.05) is 24.4 Å². The zero-order valence-corrected chi connectivity index (χ0v) is 11.3. The average Bonchev–Trinajstić information content (AvgIpc) is 2.70. The van der Waals surface area contributed by atoms with Crippen molar-refractivity contribution in [2.75, 3.05) is 0 Å². The molecule has 18 heavy (non-hydrogen) atoms. The second kappa shape index (κ2) is 5.41. The van der Waals surface area contributed by atoms with Gasteiger partial charge in [0, 0.05) is 0 Å². The van der Waals surface area contributed by atoms with E-state index >= 15 is 0 Å². The summed E-state index contributed by atoms with van der Waals surface area (Å²) >= 11 is 6.28. The first-order chi connectivity index (χ1) is 8.58. The van der Waals surface area contributed by atoms with E-state index in [9.17, 15) is 4.39 Å². The Morgan fingerprint density at radius 3 is 2.83 bits per heavy atom. The number of hydrogen-bond acceptors (Lipinski definition) is 4. The van der Waals surface area contributed by atoms with Gasteiger partial charge in [0.25, 0.3) is 0 Å². The fourth-order valence-electron chi connectivity index (χ4n) is 1.44. The fraction of sp³-hybridized carbons (Fsp3) is 0.167. The molecule has 0 saturated heterocycles. The van der Waals surface area contributed by atoms with Gasteiger partial charge in [0.15, 0.2) is 11.6 Å².